The van der Waals surface area contributed by atoms with Crippen molar-refractivity contribution in [2.45, 2.75) is 13.5 Å². The van der Waals surface area contributed by atoms with E-state index < -0.39 is 0 Å². The third kappa shape index (κ3) is 2.99. The molecule has 0 spiro atoms. The number of hydrogen-bond donors (Lipinski definition) is 0. The van der Waals surface area contributed by atoms with Crippen LogP contribution in [0.2, 0.25) is 0 Å². The molecule has 0 atom stereocenters. The summed E-state index contributed by atoms with van der Waals surface area (Å²) in [5, 5.41) is 5.51. The fourth-order valence-corrected chi connectivity index (χ4v) is 3.48. The lowest BCUT2D eigenvalue weighted by atomic mass is 10.1. The molecule has 0 unspecified atom stereocenters. The molecule has 3 heterocycles. The van der Waals surface area contributed by atoms with E-state index >= 15 is 0 Å². The standard InChI is InChI=1S/C19H23N5/c1-15-3-4-17-18(11-15)20-6-5-19(17)24-9-7-23(8-10-24)14-16-12-21-22(2)13-16/h3-6,11-13H,7-10,14H2,1-2H3. The first-order chi connectivity index (χ1) is 11.7. The van der Waals surface area contributed by atoms with Crippen LogP contribution < -0.4 is 4.90 Å². The zero-order valence-corrected chi connectivity index (χ0v) is 14.3. The second-order valence-electron chi connectivity index (χ2n) is 6.64. The topological polar surface area (TPSA) is 37.2 Å². The first kappa shape index (κ1) is 15.1. The third-order valence-corrected chi connectivity index (χ3v) is 4.75. The number of rotatable bonds is 3. The Bertz CT molecular complexity index is 846. The van der Waals surface area contributed by atoms with Crippen LogP contribution in [0, 0.1) is 6.92 Å². The average Bonchev–Trinajstić information content (AvgIpc) is 3.00. The second kappa shape index (κ2) is 6.24. The van der Waals surface area contributed by atoms with E-state index in [-0.39, 0.29) is 0 Å². The highest BCUT2D eigenvalue weighted by molar-refractivity contribution is 5.91. The number of piperazine rings is 1. The molecule has 1 saturated heterocycles. The van der Waals surface area contributed by atoms with Gasteiger partial charge in [0.1, 0.15) is 0 Å². The van der Waals surface area contributed by atoms with Crippen LogP contribution >= 0.6 is 0 Å². The molecule has 4 rings (SSSR count). The molecule has 5 nitrogen and oxygen atoms in total. The van der Waals surface area contributed by atoms with E-state index in [2.05, 4.69) is 57.3 Å². The van der Waals surface area contributed by atoms with Gasteiger partial charge in [0.05, 0.1) is 11.7 Å². The highest BCUT2D eigenvalue weighted by Gasteiger charge is 2.19. The van der Waals surface area contributed by atoms with Gasteiger partial charge in [-0.2, -0.15) is 5.10 Å². The fourth-order valence-electron chi connectivity index (χ4n) is 3.48. The molecule has 124 valence electrons. The molecule has 0 bridgehead atoms. The maximum atomic E-state index is 4.52. The summed E-state index contributed by atoms with van der Waals surface area (Å²) in [6.45, 7) is 7.35. The number of aromatic nitrogens is 3. The van der Waals surface area contributed by atoms with E-state index in [1.54, 1.807) is 0 Å². The number of benzene rings is 1. The number of fused-ring (bicyclic) bond motifs is 1. The molecule has 3 aromatic rings. The van der Waals surface area contributed by atoms with Gasteiger partial charge in [0.25, 0.3) is 0 Å². The summed E-state index contributed by atoms with van der Waals surface area (Å²) >= 11 is 0. The largest absolute Gasteiger partial charge is 0.368 e. The summed E-state index contributed by atoms with van der Waals surface area (Å²) in [5.41, 5.74) is 4.94. The van der Waals surface area contributed by atoms with E-state index in [0.29, 0.717) is 0 Å². The molecule has 5 heteroatoms. The fraction of sp³-hybridized carbons (Fsp3) is 0.368. The van der Waals surface area contributed by atoms with Crippen LogP contribution in [0.3, 0.4) is 0 Å². The van der Waals surface area contributed by atoms with E-state index in [1.165, 1.54) is 22.2 Å². The van der Waals surface area contributed by atoms with Crippen molar-refractivity contribution in [1.82, 2.24) is 19.7 Å². The SMILES string of the molecule is Cc1ccc2c(N3CCN(Cc4cnn(C)c4)CC3)ccnc2c1. The molecule has 0 radical (unpaired) electrons. The van der Waals surface area contributed by atoms with Gasteiger partial charge in [-0.25, -0.2) is 0 Å². The summed E-state index contributed by atoms with van der Waals surface area (Å²) in [4.78, 5) is 9.51. The molecule has 0 N–H and O–H groups in total. The lowest BCUT2D eigenvalue weighted by Crippen LogP contribution is -2.46. The van der Waals surface area contributed by atoms with Crippen molar-refractivity contribution in [1.29, 1.82) is 0 Å². The van der Waals surface area contributed by atoms with Gasteiger partial charge in [-0.1, -0.05) is 12.1 Å². The highest BCUT2D eigenvalue weighted by Crippen LogP contribution is 2.27. The Morgan fingerprint density at radius 1 is 1.08 bits per heavy atom. The lowest BCUT2D eigenvalue weighted by Gasteiger charge is -2.36. The van der Waals surface area contributed by atoms with Gasteiger partial charge in [-0.05, 0) is 24.6 Å². The number of anilines is 1. The average molecular weight is 321 g/mol. The Balaban J connectivity index is 1.48. The van der Waals surface area contributed by atoms with Gasteiger partial charge in [0.2, 0.25) is 0 Å². The van der Waals surface area contributed by atoms with Crippen molar-refractivity contribution in [3.05, 3.63) is 54.0 Å². The second-order valence-corrected chi connectivity index (χ2v) is 6.64. The predicted molar refractivity (Wildman–Crippen MR) is 97.2 cm³/mol. The predicted octanol–water partition coefficient (Wildman–Crippen LogP) is 2.60. The third-order valence-electron chi connectivity index (χ3n) is 4.75. The Morgan fingerprint density at radius 2 is 1.92 bits per heavy atom. The summed E-state index contributed by atoms with van der Waals surface area (Å²) < 4.78 is 1.87. The number of aryl methyl sites for hydroxylation is 2. The van der Waals surface area contributed by atoms with E-state index in [9.17, 15) is 0 Å². The normalized spacial score (nSPS) is 16.0. The molecule has 1 fully saturated rings. The molecule has 0 saturated carbocycles. The summed E-state index contributed by atoms with van der Waals surface area (Å²) in [5.74, 6) is 0. The summed E-state index contributed by atoms with van der Waals surface area (Å²) in [6, 6.07) is 8.69. The van der Waals surface area contributed by atoms with E-state index in [4.69, 9.17) is 0 Å². The lowest BCUT2D eigenvalue weighted by molar-refractivity contribution is 0.250. The van der Waals surface area contributed by atoms with Crippen molar-refractivity contribution >= 4 is 16.6 Å². The molecule has 2 aromatic heterocycles. The molecule has 1 aromatic carbocycles. The number of hydrogen-bond acceptors (Lipinski definition) is 4. The molecular weight excluding hydrogens is 298 g/mol. The smallest absolute Gasteiger partial charge is 0.0725 e. The summed E-state index contributed by atoms with van der Waals surface area (Å²) in [6.07, 6.45) is 6.00. The minimum absolute atomic E-state index is 0.984. The van der Waals surface area contributed by atoms with Gasteiger partial charge < -0.3 is 4.90 Å². The molecule has 1 aliphatic rings. The molecule has 0 aliphatic carbocycles. The first-order valence-corrected chi connectivity index (χ1v) is 8.49. The highest BCUT2D eigenvalue weighted by atomic mass is 15.3. The zero-order chi connectivity index (χ0) is 16.5. The Morgan fingerprint density at radius 3 is 2.67 bits per heavy atom. The Kier molecular flexibility index (Phi) is 3.94. The van der Waals surface area contributed by atoms with Crippen molar-refractivity contribution in [2.75, 3.05) is 31.1 Å². The van der Waals surface area contributed by atoms with Gasteiger partial charge in [0.15, 0.2) is 0 Å². The van der Waals surface area contributed by atoms with Crippen LogP contribution in [0.4, 0.5) is 5.69 Å². The summed E-state index contributed by atoms with van der Waals surface area (Å²) in [7, 11) is 1.97. The molecular formula is C19H23N5. The van der Waals surface area contributed by atoms with Crippen LogP contribution in [-0.2, 0) is 13.6 Å². The maximum absolute atomic E-state index is 4.52. The van der Waals surface area contributed by atoms with Crippen molar-refractivity contribution in [3.63, 3.8) is 0 Å². The van der Waals surface area contributed by atoms with Crippen molar-refractivity contribution in [2.24, 2.45) is 7.05 Å². The van der Waals surface area contributed by atoms with Gasteiger partial charge in [-0.15, -0.1) is 0 Å². The Labute approximate surface area is 142 Å². The van der Waals surface area contributed by atoms with Gasteiger partial charge in [0, 0.05) is 68.8 Å². The van der Waals surface area contributed by atoms with Gasteiger partial charge in [-0.3, -0.25) is 14.6 Å². The Hall–Kier alpha value is -2.40. The molecule has 1 aliphatic heterocycles. The van der Waals surface area contributed by atoms with Crippen LogP contribution in [0.5, 0.6) is 0 Å². The number of nitrogens with zero attached hydrogens (tertiary/aromatic N) is 5. The minimum Gasteiger partial charge on any atom is -0.368 e. The quantitative estimate of drug-likeness (QED) is 0.743. The first-order valence-electron chi connectivity index (χ1n) is 8.49. The van der Waals surface area contributed by atoms with Crippen LogP contribution in [0.15, 0.2) is 42.9 Å². The van der Waals surface area contributed by atoms with E-state index in [1.807, 2.05) is 24.1 Å². The van der Waals surface area contributed by atoms with Crippen LogP contribution in [0.1, 0.15) is 11.1 Å². The maximum Gasteiger partial charge on any atom is 0.0725 e. The van der Waals surface area contributed by atoms with Crippen LogP contribution in [0.25, 0.3) is 10.9 Å². The van der Waals surface area contributed by atoms with Crippen LogP contribution in [-0.4, -0.2) is 45.8 Å². The minimum atomic E-state index is 0.984. The molecule has 0 amide bonds. The number of pyridine rings is 1. The monoisotopic (exact) mass is 321 g/mol. The van der Waals surface area contributed by atoms with Crippen molar-refractivity contribution < 1.29 is 0 Å². The zero-order valence-electron chi connectivity index (χ0n) is 14.3. The molecule has 24 heavy (non-hydrogen) atoms. The van der Waals surface area contributed by atoms with E-state index in [0.717, 1.165) is 38.2 Å². The van der Waals surface area contributed by atoms with Crippen molar-refractivity contribution in [3.8, 4) is 0 Å². The van der Waals surface area contributed by atoms with Gasteiger partial charge >= 0.3 is 0 Å².